The lowest BCUT2D eigenvalue weighted by atomic mass is 9.98. The summed E-state index contributed by atoms with van der Waals surface area (Å²) in [5.41, 5.74) is 2.80. The molecule has 1 unspecified atom stereocenters. The third kappa shape index (κ3) is 3.75. The second-order valence-electron chi connectivity index (χ2n) is 7.12. The van der Waals surface area contributed by atoms with Crippen LogP contribution in [0.4, 0.5) is 4.39 Å². The molecular weight excluding hydrogens is 331 g/mol. The van der Waals surface area contributed by atoms with Gasteiger partial charge in [0.1, 0.15) is 11.6 Å². The maximum Gasteiger partial charge on any atom is 0.227 e. The van der Waals surface area contributed by atoms with E-state index >= 15 is 0 Å². The summed E-state index contributed by atoms with van der Waals surface area (Å²) in [5.74, 6) is 1.02. The Hall–Kier alpha value is -2.34. The minimum Gasteiger partial charge on any atom is -0.338 e. The molecular formula is C20H23FN4O. The van der Waals surface area contributed by atoms with E-state index in [4.69, 9.17) is 4.98 Å². The molecule has 26 heavy (non-hydrogen) atoms. The van der Waals surface area contributed by atoms with Crippen molar-refractivity contribution >= 4 is 5.91 Å². The number of rotatable bonds is 3. The molecule has 0 bridgehead atoms. The van der Waals surface area contributed by atoms with Crippen LogP contribution in [0.25, 0.3) is 0 Å². The van der Waals surface area contributed by atoms with Crippen LogP contribution in [0, 0.1) is 5.82 Å². The Morgan fingerprint density at radius 2 is 2.31 bits per heavy atom. The zero-order valence-electron chi connectivity index (χ0n) is 14.7. The monoisotopic (exact) mass is 354 g/mol. The molecule has 1 aromatic heterocycles. The Balaban J connectivity index is 1.43. The number of halogens is 1. The number of piperidine rings is 1. The molecule has 1 atom stereocenters. The van der Waals surface area contributed by atoms with Crippen LogP contribution in [0.5, 0.6) is 0 Å². The van der Waals surface area contributed by atoms with E-state index in [1.165, 1.54) is 12.1 Å². The Morgan fingerprint density at radius 1 is 1.38 bits per heavy atom. The zero-order chi connectivity index (χ0) is 17.9. The molecule has 2 aliphatic heterocycles. The van der Waals surface area contributed by atoms with Gasteiger partial charge in [-0.1, -0.05) is 12.1 Å². The predicted molar refractivity (Wildman–Crippen MR) is 96.1 cm³/mol. The topological polar surface area (TPSA) is 58.1 Å². The Kier molecular flexibility index (Phi) is 4.93. The fourth-order valence-corrected chi connectivity index (χ4v) is 3.75. The van der Waals surface area contributed by atoms with Crippen molar-refractivity contribution in [1.82, 2.24) is 20.2 Å². The summed E-state index contributed by atoms with van der Waals surface area (Å²) in [6, 6.07) is 6.23. The number of nitrogens with one attached hydrogen (secondary N) is 1. The molecule has 0 saturated carbocycles. The standard InChI is InChI=1S/C20H23FN4O/c21-17-5-1-3-14(9-17)10-19(26)25-8-6-18-16(13-25)12-23-20(24-18)15-4-2-7-22-11-15/h1,3,5,9,12,15,22H,2,4,6-8,10-11,13H2. The van der Waals surface area contributed by atoms with Crippen LogP contribution in [-0.2, 0) is 24.2 Å². The lowest BCUT2D eigenvalue weighted by Crippen LogP contribution is -2.38. The quantitative estimate of drug-likeness (QED) is 0.918. The maximum absolute atomic E-state index is 13.3. The van der Waals surface area contributed by atoms with Crippen molar-refractivity contribution in [2.45, 2.75) is 38.1 Å². The highest BCUT2D eigenvalue weighted by Crippen LogP contribution is 2.23. The molecule has 1 fully saturated rings. The summed E-state index contributed by atoms with van der Waals surface area (Å²) in [4.78, 5) is 23.7. The largest absolute Gasteiger partial charge is 0.338 e. The normalized spacial score (nSPS) is 19.9. The van der Waals surface area contributed by atoms with E-state index < -0.39 is 0 Å². The fourth-order valence-electron chi connectivity index (χ4n) is 3.75. The van der Waals surface area contributed by atoms with Crippen LogP contribution < -0.4 is 5.32 Å². The highest BCUT2D eigenvalue weighted by atomic mass is 19.1. The molecule has 0 radical (unpaired) electrons. The van der Waals surface area contributed by atoms with Crippen LogP contribution in [0.2, 0.25) is 0 Å². The summed E-state index contributed by atoms with van der Waals surface area (Å²) < 4.78 is 13.3. The third-order valence-corrected chi connectivity index (χ3v) is 5.21. The van der Waals surface area contributed by atoms with E-state index in [2.05, 4.69) is 10.3 Å². The Bertz CT molecular complexity index is 804. The van der Waals surface area contributed by atoms with Crippen molar-refractivity contribution in [2.24, 2.45) is 0 Å². The van der Waals surface area contributed by atoms with Gasteiger partial charge in [-0.25, -0.2) is 14.4 Å². The van der Waals surface area contributed by atoms with Gasteiger partial charge in [0.25, 0.3) is 0 Å². The van der Waals surface area contributed by atoms with Gasteiger partial charge in [0, 0.05) is 43.7 Å². The Morgan fingerprint density at radius 3 is 3.12 bits per heavy atom. The number of fused-ring (bicyclic) bond motifs is 1. The number of carbonyl (C=O) groups excluding carboxylic acids is 1. The minimum absolute atomic E-state index is 0.0156. The number of benzene rings is 1. The summed E-state index contributed by atoms with van der Waals surface area (Å²) in [6.07, 6.45) is 5.14. The number of hydrogen-bond donors (Lipinski definition) is 1. The highest BCUT2D eigenvalue weighted by molar-refractivity contribution is 5.79. The molecule has 1 N–H and O–H groups in total. The summed E-state index contributed by atoms with van der Waals surface area (Å²) >= 11 is 0. The molecule has 2 aromatic rings. The molecule has 3 heterocycles. The summed E-state index contributed by atoms with van der Waals surface area (Å²) in [6.45, 7) is 3.20. The van der Waals surface area contributed by atoms with Gasteiger partial charge in [0.15, 0.2) is 0 Å². The second kappa shape index (κ2) is 7.50. The van der Waals surface area contributed by atoms with E-state index in [9.17, 15) is 9.18 Å². The van der Waals surface area contributed by atoms with Crippen molar-refractivity contribution in [2.75, 3.05) is 19.6 Å². The average Bonchev–Trinajstić information content (AvgIpc) is 2.68. The molecule has 0 spiro atoms. The average molecular weight is 354 g/mol. The predicted octanol–water partition coefficient (Wildman–Crippen LogP) is 2.21. The second-order valence-corrected chi connectivity index (χ2v) is 7.12. The van der Waals surface area contributed by atoms with Gasteiger partial charge in [-0.3, -0.25) is 4.79 Å². The number of carbonyl (C=O) groups is 1. The molecule has 1 amide bonds. The first-order valence-electron chi connectivity index (χ1n) is 9.26. The van der Waals surface area contributed by atoms with E-state index in [-0.39, 0.29) is 18.1 Å². The first-order valence-corrected chi connectivity index (χ1v) is 9.26. The van der Waals surface area contributed by atoms with Gasteiger partial charge in [0.2, 0.25) is 5.91 Å². The Labute approximate surface area is 152 Å². The minimum atomic E-state index is -0.308. The van der Waals surface area contributed by atoms with Gasteiger partial charge in [-0.05, 0) is 37.1 Å². The highest BCUT2D eigenvalue weighted by Gasteiger charge is 2.24. The van der Waals surface area contributed by atoms with Gasteiger partial charge in [-0.15, -0.1) is 0 Å². The zero-order valence-corrected chi connectivity index (χ0v) is 14.7. The lowest BCUT2D eigenvalue weighted by Gasteiger charge is -2.29. The molecule has 136 valence electrons. The van der Waals surface area contributed by atoms with Gasteiger partial charge in [-0.2, -0.15) is 0 Å². The van der Waals surface area contributed by atoms with Crippen LogP contribution in [0.15, 0.2) is 30.5 Å². The molecule has 0 aliphatic carbocycles. The van der Waals surface area contributed by atoms with E-state index in [1.54, 1.807) is 12.1 Å². The molecule has 1 saturated heterocycles. The van der Waals surface area contributed by atoms with Gasteiger partial charge >= 0.3 is 0 Å². The van der Waals surface area contributed by atoms with Crippen LogP contribution >= 0.6 is 0 Å². The molecule has 5 nitrogen and oxygen atoms in total. The third-order valence-electron chi connectivity index (χ3n) is 5.21. The molecule has 6 heteroatoms. The van der Waals surface area contributed by atoms with Crippen molar-refractivity contribution < 1.29 is 9.18 Å². The first kappa shape index (κ1) is 17.1. The molecule has 2 aliphatic rings. The number of aromatic nitrogens is 2. The van der Waals surface area contributed by atoms with Crippen LogP contribution in [0.3, 0.4) is 0 Å². The van der Waals surface area contributed by atoms with E-state index in [0.29, 0.717) is 24.6 Å². The van der Waals surface area contributed by atoms with Crippen molar-refractivity contribution in [3.8, 4) is 0 Å². The number of nitrogens with zero attached hydrogens (tertiary/aromatic N) is 3. The number of hydrogen-bond acceptors (Lipinski definition) is 4. The summed E-state index contributed by atoms with van der Waals surface area (Å²) in [7, 11) is 0. The van der Waals surface area contributed by atoms with Crippen molar-refractivity contribution in [3.63, 3.8) is 0 Å². The smallest absolute Gasteiger partial charge is 0.227 e. The lowest BCUT2D eigenvalue weighted by molar-refractivity contribution is -0.131. The SMILES string of the molecule is O=C(Cc1cccc(F)c1)N1CCc2nc(C3CCCNC3)ncc2C1. The van der Waals surface area contributed by atoms with Gasteiger partial charge < -0.3 is 10.2 Å². The van der Waals surface area contributed by atoms with Crippen LogP contribution in [0.1, 0.15) is 41.4 Å². The first-order chi connectivity index (χ1) is 12.7. The molecule has 1 aromatic carbocycles. The van der Waals surface area contributed by atoms with Crippen molar-refractivity contribution in [1.29, 1.82) is 0 Å². The van der Waals surface area contributed by atoms with Crippen LogP contribution in [-0.4, -0.2) is 40.4 Å². The maximum atomic E-state index is 13.3. The van der Waals surface area contributed by atoms with E-state index in [1.807, 2.05) is 11.1 Å². The van der Waals surface area contributed by atoms with E-state index in [0.717, 1.165) is 49.4 Å². The van der Waals surface area contributed by atoms with Crippen molar-refractivity contribution in [3.05, 3.63) is 58.9 Å². The molecule has 4 rings (SSSR count). The summed E-state index contributed by atoms with van der Waals surface area (Å²) in [5, 5.41) is 3.40. The fraction of sp³-hybridized carbons (Fsp3) is 0.450. The number of amides is 1. The van der Waals surface area contributed by atoms with Gasteiger partial charge in [0.05, 0.1) is 12.1 Å².